The molecule has 0 aromatic heterocycles. The number of nitro benzene ring substituents is 1. The molecule has 0 unspecified atom stereocenters. The number of nitrogens with zero attached hydrogens (tertiary/aromatic N) is 2. The Kier molecular flexibility index (Phi) is 7.53. The van der Waals surface area contributed by atoms with Crippen molar-refractivity contribution in [2.24, 2.45) is 0 Å². The number of benzene rings is 1. The summed E-state index contributed by atoms with van der Waals surface area (Å²) in [7, 11) is 0. The van der Waals surface area contributed by atoms with Crippen LogP contribution in [0.3, 0.4) is 0 Å². The number of carbonyl (C=O) groups is 1. The van der Waals surface area contributed by atoms with Crippen molar-refractivity contribution in [2.45, 2.75) is 6.42 Å². The first-order chi connectivity index (χ1) is 10.1. The second-order valence-electron chi connectivity index (χ2n) is 4.85. The zero-order chi connectivity index (χ0) is 15.2. The third kappa shape index (κ3) is 5.42. The number of nitrogens with one attached hydrogen (secondary N) is 2. The lowest BCUT2D eigenvalue weighted by molar-refractivity contribution is -0.384. The van der Waals surface area contributed by atoms with Gasteiger partial charge in [0.05, 0.1) is 22.2 Å². The number of hydrogen-bond acceptors (Lipinski definition) is 5. The fraction of sp³-hybridized carbons (Fsp3) is 0.462. The summed E-state index contributed by atoms with van der Waals surface area (Å²) in [6.07, 6.45) is 1.01. The maximum atomic E-state index is 12.0. The highest BCUT2D eigenvalue weighted by molar-refractivity contribution is 6.34. The Hall–Kier alpha value is -1.41. The van der Waals surface area contributed by atoms with Crippen LogP contribution in [0.15, 0.2) is 18.2 Å². The number of nitro groups is 1. The third-order valence-corrected chi connectivity index (χ3v) is 3.55. The summed E-state index contributed by atoms with van der Waals surface area (Å²) in [4.78, 5) is 24.2. The second kappa shape index (κ2) is 8.89. The average molecular weight is 349 g/mol. The van der Waals surface area contributed by atoms with Crippen LogP contribution >= 0.6 is 24.0 Å². The number of carbonyl (C=O) groups excluding carboxylic acids is 1. The SMILES string of the molecule is Cl.O=C(CN1CCCNCC1)Nc1ccc([N+](=O)[O-])cc1Cl. The van der Waals surface area contributed by atoms with Crippen molar-refractivity contribution in [3.05, 3.63) is 33.3 Å². The Morgan fingerprint density at radius 3 is 2.86 bits per heavy atom. The molecule has 0 atom stereocenters. The van der Waals surface area contributed by atoms with E-state index < -0.39 is 4.92 Å². The highest BCUT2D eigenvalue weighted by Crippen LogP contribution is 2.26. The van der Waals surface area contributed by atoms with Crippen LogP contribution in [-0.4, -0.2) is 48.5 Å². The molecule has 0 radical (unpaired) electrons. The molecule has 1 fully saturated rings. The first kappa shape index (κ1) is 18.6. The summed E-state index contributed by atoms with van der Waals surface area (Å²) in [5, 5.41) is 16.7. The highest BCUT2D eigenvalue weighted by Gasteiger charge is 2.15. The number of rotatable bonds is 4. The molecule has 1 aromatic rings. The van der Waals surface area contributed by atoms with E-state index in [1.165, 1.54) is 18.2 Å². The van der Waals surface area contributed by atoms with E-state index in [1.807, 2.05) is 0 Å². The van der Waals surface area contributed by atoms with Gasteiger partial charge in [-0.25, -0.2) is 0 Å². The van der Waals surface area contributed by atoms with E-state index in [4.69, 9.17) is 11.6 Å². The quantitative estimate of drug-likeness (QED) is 0.640. The molecule has 1 amide bonds. The molecule has 0 aliphatic carbocycles. The lowest BCUT2D eigenvalue weighted by Gasteiger charge is -2.18. The second-order valence-corrected chi connectivity index (χ2v) is 5.26. The third-order valence-electron chi connectivity index (χ3n) is 3.24. The lowest BCUT2D eigenvalue weighted by Crippen LogP contribution is -2.35. The molecule has 122 valence electrons. The number of halogens is 2. The van der Waals surface area contributed by atoms with Gasteiger partial charge >= 0.3 is 0 Å². The van der Waals surface area contributed by atoms with Gasteiger partial charge in [-0.15, -0.1) is 12.4 Å². The summed E-state index contributed by atoms with van der Waals surface area (Å²) in [5.74, 6) is -0.173. The predicted octanol–water partition coefficient (Wildman–Crippen LogP) is 1.90. The molecule has 7 nitrogen and oxygen atoms in total. The number of amides is 1. The fourth-order valence-electron chi connectivity index (χ4n) is 2.17. The van der Waals surface area contributed by atoms with E-state index in [0.29, 0.717) is 5.69 Å². The van der Waals surface area contributed by atoms with Gasteiger partial charge in [-0.2, -0.15) is 0 Å². The summed E-state index contributed by atoms with van der Waals surface area (Å²) >= 11 is 5.94. The van der Waals surface area contributed by atoms with Crippen molar-refractivity contribution < 1.29 is 9.72 Å². The van der Waals surface area contributed by atoms with Gasteiger partial charge in [0.25, 0.3) is 5.69 Å². The molecule has 0 spiro atoms. The minimum absolute atomic E-state index is 0. The first-order valence-corrected chi connectivity index (χ1v) is 7.11. The van der Waals surface area contributed by atoms with E-state index in [2.05, 4.69) is 15.5 Å². The molecule has 0 bridgehead atoms. The zero-order valence-corrected chi connectivity index (χ0v) is 13.5. The molecular weight excluding hydrogens is 331 g/mol. The van der Waals surface area contributed by atoms with Gasteiger partial charge in [0.1, 0.15) is 0 Å². The molecule has 1 aliphatic heterocycles. The molecule has 2 N–H and O–H groups in total. The Morgan fingerprint density at radius 2 is 2.18 bits per heavy atom. The normalized spacial score (nSPS) is 15.5. The van der Waals surface area contributed by atoms with E-state index in [-0.39, 0.29) is 35.6 Å². The predicted molar refractivity (Wildman–Crippen MR) is 87.9 cm³/mol. The van der Waals surface area contributed by atoms with Crippen LogP contribution in [0.5, 0.6) is 0 Å². The molecule has 2 rings (SSSR count). The number of hydrogen-bond donors (Lipinski definition) is 2. The minimum Gasteiger partial charge on any atom is -0.324 e. The van der Waals surface area contributed by atoms with Gasteiger partial charge in [-0.1, -0.05) is 11.6 Å². The largest absolute Gasteiger partial charge is 0.324 e. The number of non-ortho nitro benzene ring substituents is 1. The Balaban J connectivity index is 0.00000242. The minimum atomic E-state index is -0.526. The van der Waals surface area contributed by atoms with E-state index >= 15 is 0 Å². The van der Waals surface area contributed by atoms with Crippen LogP contribution < -0.4 is 10.6 Å². The fourth-order valence-corrected chi connectivity index (χ4v) is 2.39. The van der Waals surface area contributed by atoms with Crippen LogP contribution in [0.4, 0.5) is 11.4 Å². The van der Waals surface area contributed by atoms with Crippen LogP contribution in [0.2, 0.25) is 5.02 Å². The lowest BCUT2D eigenvalue weighted by atomic mass is 10.2. The molecule has 0 saturated carbocycles. The highest BCUT2D eigenvalue weighted by atomic mass is 35.5. The maximum Gasteiger partial charge on any atom is 0.271 e. The van der Waals surface area contributed by atoms with Crippen molar-refractivity contribution >= 4 is 41.3 Å². The molecule has 22 heavy (non-hydrogen) atoms. The maximum absolute atomic E-state index is 12.0. The van der Waals surface area contributed by atoms with Crippen LogP contribution in [0.1, 0.15) is 6.42 Å². The molecule has 9 heteroatoms. The summed E-state index contributed by atoms with van der Waals surface area (Å²) in [5.41, 5.74) is 0.289. The summed E-state index contributed by atoms with van der Waals surface area (Å²) in [6.45, 7) is 3.81. The Morgan fingerprint density at radius 1 is 1.41 bits per heavy atom. The monoisotopic (exact) mass is 348 g/mol. The van der Waals surface area contributed by atoms with E-state index in [9.17, 15) is 14.9 Å². The smallest absolute Gasteiger partial charge is 0.271 e. The summed E-state index contributed by atoms with van der Waals surface area (Å²) in [6, 6.07) is 3.99. The topological polar surface area (TPSA) is 87.5 Å². The molecule has 1 saturated heterocycles. The number of anilines is 1. The standard InChI is InChI=1S/C13H17ClN4O3.ClH/c14-11-8-10(18(20)21)2-3-12(11)16-13(19)9-17-6-1-4-15-5-7-17;/h2-3,8,15H,1,4-7,9H2,(H,16,19);1H. The first-order valence-electron chi connectivity index (χ1n) is 6.73. The Labute approximate surface area is 139 Å². The van der Waals surface area contributed by atoms with Crippen molar-refractivity contribution in [3.63, 3.8) is 0 Å². The van der Waals surface area contributed by atoms with E-state index in [1.54, 1.807) is 0 Å². The van der Waals surface area contributed by atoms with Crippen LogP contribution in [0, 0.1) is 10.1 Å². The molecule has 1 aliphatic rings. The zero-order valence-electron chi connectivity index (χ0n) is 11.9. The van der Waals surface area contributed by atoms with Gasteiger partial charge in [0.15, 0.2) is 0 Å². The van der Waals surface area contributed by atoms with Crippen molar-refractivity contribution in [1.82, 2.24) is 10.2 Å². The van der Waals surface area contributed by atoms with Crippen molar-refractivity contribution in [3.8, 4) is 0 Å². The Bertz CT molecular complexity index is 534. The summed E-state index contributed by atoms with van der Waals surface area (Å²) < 4.78 is 0. The average Bonchev–Trinajstić information content (AvgIpc) is 2.69. The van der Waals surface area contributed by atoms with Gasteiger partial charge in [-0.05, 0) is 25.6 Å². The van der Waals surface area contributed by atoms with Crippen LogP contribution in [-0.2, 0) is 4.79 Å². The van der Waals surface area contributed by atoms with E-state index in [0.717, 1.165) is 32.6 Å². The van der Waals surface area contributed by atoms with Crippen molar-refractivity contribution in [2.75, 3.05) is 38.0 Å². The van der Waals surface area contributed by atoms with Gasteiger partial charge in [0.2, 0.25) is 5.91 Å². The van der Waals surface area contributed by atoms with Gasteiger partial charge in [-0.3, -0.25) is 19.8 Å². The van der Waals surface area contributed by atoms with Gasteiger partial charge < -0.3 is 10.6 Å². The molecule has 1 aromatic carbocycles. The van der Waals surface area contributed by atoms with Crippen LogP contribution in [0.25, 0.3) is 0 Å². The molecule has 1 heterocycles. The van der Waals surface area contributed by atoms with Crippen molar-refractivity contribution in [1.29, 1.82) is 0 Å². The molecular formula is C13H18Cl2N4O3. The van der Waals surface area contributed by atoms with Gasteiger partial charge in [0, 0.05) is 25.2 Å².